The summed E-state index contributed by atoms with van der Waals surface area (Å²) in [6.45, 7) is 3.58. The Bertz CT molecular complexity index is 576. The maximum atomic E-state index is 13.0. The third-order valence-corrected chi connectivity index (χ3v) is 4.66. The summed E-state index contributed by atoms with van der Waals surface area (Å²) in [6, 6.07) is 5.29. The molecule has 0 spiro atoms. The first kappa shape index (κ1) is 17.1. The first-order valence-corrected chi connectivity index (χ1v) is 8.80. The molecule has 0 radical (unpaired) electrons. The average Bonchev–Trinajstić information content (AvgIpc) is 2.45. The van der Waals surface area contributed by atoms with E-state index in [0.29, 0.717) is 18.9 Å². The van der Waals surface area contributed by atoms with Gasteiger partial charge in [0.1, 0.15) is 18.2 Å². The minimum Gasteiger partial charge on any atom is -0.492 e. The van der Waals surface area contributed by atoms with Crippen LogP contribution in [0.4, 0.5) is 4.39 Å². The van der Waals surface area contributed by atoms with E-state index in [1.807, 2.05) is 0 Å². The van der Waals surface area contributed by atoms with E-state index >= 15 is 0 Å². The lowest BCUT2D eigenvalue weighted by Crippen LogP contribution is -2.46. The molecule has 0 bridgehead atoms. The van der Waals surface area contributed by atoms with Crippen molar-refractivity contribution in [1.29, 1.82) is 0 Å². The molecule has 0 amide bonds. The fraction of sp³-hybridized carbons (Fsp3) is 0.571. The number of ether oxygens (including phenoxy) is 2. The molecule has 1 aromatic rings. The Hall–Kier alpha value is -1.22. The van der Waals surface area contributed by atoms with E-state index in [1.165, 1.54) is 18.2 Å². The standard InChI is InChI=1S/C14H21FN2O4S/c1-11(9-21-13-4-2-3-12(15)7-13)17-22(18,19)10-14-8-16-5-6-20-14/h2-4,7,11,14,16-17H,5-6,8-10H2,1H3. The largest absolute Gasteiger partial charge is 0.492 e. The van der Waals surface area contributed by atoms with Crippen LogP contribution in [-0.2, 0) is 14.8 Å². The van der Waals surface area contributed by atoms with Gasteiger partial charge in [0.2, 0.25) is 10.0 Å². The molecule has 0 saturated carbocycles. The van der Waals surface area contributed by atoms with Gasteiger partial charge in [-0.2, -0.15) is 0 Å². The number of benzene rings is 1. The van der Waals surface area contributed by atoms with Crippen LogP contribution in [0.1, 0.15) is 6.92 Å². The predicted octanol–water partition coefficient (Wildman–Crippen LogP) is 0.501. The molecule has 0 aliphatic carbocycles. The molecule has 1 aromatic carbocycles. The van der Waals surface area contributed by atoms with Gasteiger partial charge in [-0.3, -0.25) is 0 Å². The summed E-state index contributed by atoms with van der Waals surface area (Å²) in [5, 5.41) is 3.09. The summed E-state index contributed by atoms with van der Waals surface area (Å²) in [5.74, 6) is -0.122. The van der Waals surface area contributed by atoms with E-state index in [9.17, 15) is 12.8 Å². The van der Waals surface area contributed by atoms with Crippen molar-refractivity contribution in [3.05, 3.63) is 30.1 Å². The number of morpholine rings is 1. The van der Waals surface area contributed by atoms with Gasteiger partial charge in [-0.15, -0.1) is 0 Å². The topological polar surface area (TPSA) is 76.7 Å². The lowest BCUT2D eigenvalue weighted by Gasteiger charge is -2.24. The zero-order chi connectivity index (χ0) is 16.0. The molecule has 2 atom stereocenters. The molecule has 22 heavy (non-hydrogen) atoms. The fourth-order valence-corrected chi connectivity index (χ4v) is 3.62. The molecule has 2 unspecified atom stereocenters. The predicted molar refractivity (Wildman–Crippen MR) is 80.9 cm³/mol. The van der Waals surface area contributed by atoms with E-state index in [4.69, 9.17) is 9.47 Å². The number of rotatable bonds is 7. The monoisotopic (exact) mass is 332 g/mol. The van der Waals surface area contributed by atoms with Crippen molar-refractivity contribution < 1.29 is 22.3 Å². The summed E-state index contributed by atoms with van der Waals surface area (Å²) >= 11 is 0. The second-order valence-corrected chi connectivity index (χ2v) is 7.06. The van der Waals surface area contributed by atoms with E-state index in [2.05, 4.69) is 10.0 Å². The third-order valence-electron chi connectivity index (χ3n) is 3.09. The molecule has 2 N–H and O–H groups in total. The van der Waals surface area contributed by atoms with E-state index < -0.39 is 21.9 Å². The van der Waals surface area contributed by atoms with E-state index in [-0.39, 0.29) is 18.5 Å². The normalized spacial score (nSPS) is 20.5. The van der Waals surface area contributed by atoms with Crippen LogP contribution in [0.25, 0.3) is 0 Å². The summed E-state index contributed by atoms with van der Waals surface area (Å²) in [6.07, 6.45) is -0.345. The Morgan fingerprint density at radius 1 is 1.55 bits per heavy atom. The molecule has 6 nitrogen and oxygen atoms in total. The van der Waals surface area contributed by atoms with Crippen LogP contribution in [0, 0.1) is 5.82 Å². The Morgan fingerprint density at radius 2 is 2.36 bits per heavy atom. The SMILES string of the molecule is CC(COc1cccc(F)c1)NS(=O)(=O)CC1CNCCO1. The number of sulfonamides is 1. The van der Waals surface area contributed by atoms with Gasteiger partial charge in [-0.05, 0) is 19.1 Å². The van der Waals surface area contributed by atoms with Crippen LogP contribution in [0.15, 0.2) is 24.3 Å². The molecule has 1 aliphatic rings. The lowest BCUT2D eigenvalue weighted by atomic mass is 10.3. The van der Waals surface area contributed by atoms with Gasteiger partial charge in [0.15, 0.2) is 0 Å². The second-order valence-electron chi connectivity index (χ2n) is 5.27. The Labute approximate surface area is 130 Å². The van der Waals surface area contributed by atoms with Crippen molar-refractivity contribution in [2.75, 3.05) is 32.1 Å². The van der Waals surface area contributed by atoms with Crippen molar-refractivity contribution in [1.82, 2.24) is 10.0 Å². The first-order chi connectivity index (χ1) is 10.4. The maximum Gasteiger partial charge on any atom is 0.214 e. The molecule has 8 heteroatoms. The molecule has 1 saturated heterocycles. The van der Waals surface area contributed by atoms with Crippen LogP contribution >= 0.6 is 0 Å². The smallest absolute Gasteiger partial charge is 0.214 e. The molecule has 124 valence electrons. The van der Waals surface area contributed by atoms with Gasteiger partial charge >= 0.3 is 0 Å². The van der Waals surface area contributed by atoms with Gasteiger partial charge in [-0.1, -0.05) is 6.07 Å². The molecule has 1 aliphatic heterocycles. The highest BCUT2D eigenvalue weighted by Gasteiger charge is 2.23. The summed E-state index contributed by atoms with van der Waals surface area (Å²) in [5.41, 5.74) is 0. The molecule has 0 aromatic heterocycles. The Morgan fingerprint density at radius 3 is 3.05 bits per heavy atom. The quantitative estimate of drug-likeness (QED) is 0.760. The van der Waals surface area contributed by atoms with Gasteiger partial charge < -0.3 is 14.8 Å². The third kappa shape index (κ3) is 5.88. The molecule has 2 rings (SSSR count). The van der Waals surface area contributed by atoms with Crippen LogP contribution < -0.4 is 14.8 Å². The van der Waals surface area contributed by atoms with Gasteiger partial charge in [0.25, 0.3) is 0 Å². The van der Waals surface area contributed by atoms with Gasteiger partial charge in [-0.25, -0.2) is 17.5 Å². The van der Waals surface area contributed by atoms with E-state index in [0.717, 1.165) is 6.54 Å². The highest BCUT2D eigenvalue weighted by Crippen LogP contribution is 2.12. The number of halogens is 1. The van der Waals surface area contributed by atoms with Crippen LogP contribution in [0.3, 0.4) is 0 Å². The Kier molecular flexibility index (Phi) is 6.13. The zero-order valence-corrected chi connectivity index (χ0v) is 13.2. The van der Waals surface area contributed by atoms with Crippen molar-refractivity contribution in [2.45, 2.75) is 19.1 Å². The number of hydrogen-bond donors (Lipinski definition) is 2. The van der Waals surface area contributed by atoms with Gasteiger partial charge in [0.05, 0.1) is 24.5 Å². The number of nitrogens with one attached hydrogen (secondary N) is 2. The lowest BCUT2D eigenvalue weighted by molar-refractivity contribution is 0.0428. The summed E-state index contributed by atoms with van der Waals surface area (Å²) in [4.78, 5) is 0. The molecule has 1 fully saturated rings. The van der Waals surface area contributed by atoms with Crippen molar-refractivity contribution >= 4 is 10.0 Å². The van der Waals surface area contributed by atoms with Crippen molar-refractivity contribution in [3.8, 4) is 5.75 Å². The zero-order valence-electron chi connectivity index (χ0n) is 12.4. The average molecular weight is 332 g/mol. The first-order valence-electron chi connectivity index (χ1n) is 7.15. The van der Waals surface area contributed by atoms with Crippen LogP contribution in [0.2, 0.25) is 0 Å². The van der Waals surface area contributed by atoms with E-state index in [1.54, 1.807) is 13.0 Å². The summed E-state index contributed by atoms with van der Waals surface area (Å²) < 4.78 is 50.4. The Balaban J connectivity index is 1.78. The molecular weight excluding hydrogens is 311 g/mol. The van der Waals surface area contributed by atoms with Crippen LogP contribution in [0.5, 0.6) is 5.75 Å². The van der Waals surface area contributed by atoms with Crippen LogP contribution in [-0.4, -0.2) is 52.6 Å². The minimum atomic E-state index is -3.46. The fourth-order valence-electron chi connectivity index (χ4n) is 2.14. The van der Waals surface area contributed by atoms with Gasteiger partial charge in [0, 0.05) is 19.2 Å². The molecule has 1 heterocycles. The second kappa shape index (κ2) is 7.87. The highest BCUT2D eigenvalue weighted by molar-refractivity contribution is 7.89. The molecular formula is C14H21FN2O4S. The highest BCUT2D eigenvalue weighted by atomic mass is 32.2. The van der Waals surface area contributed by atoms with Crippen molar-refractivity contribution in [2.24, 2.45) is 0 Å². The van der Waals surface area contributed by atoms with Crippen molar-refractivity contribution in [3.63, 3.8) is 0 Å². The minimum absolute atomic E-state index is 0.0930. The maximum absolute atomic E-state index is 13.0. The summed E-state index contributed by atoms with van der Waals surface area (Å²) in [7, 11) is -3.46. The number of hydrogen-bond acceptors (Lipinski definition) is 5.